The van der Waals surface area contributed by atoms with E-state index in [9.17, 15) is 13.2 Å². The Labute approximate surface area is 140 Å². The lowest BCUT2D eigenvalue weighted by Crippen LogP contribution is -2.40. The maximum atomic E-state index is 12.6. The van der Waals surface area contributed by atoms with Crippen LogP contribution in [0.15, 0.2) is 10.3 Å². The van der Waals surface area contributed by atoms with Gasteiger partial charge in [-0.05, 0) is 43.6 Å². The summed E-state index contributed by atoms with van der Waals surface area (Å²) in [6, 6.07) is 0.0267. The second-order valence-corrected chi connectivity index (χ2v) is 7.83. The number of aryl methyl sites for hydroxylation is 1. The summed E-state index contributed by atoms with van der Waals surface area (Å²) in [7, 11) is -2.49. The van der Waals surface area contributed by atoms with Crippen molar-refractivity contribution in [2.75, 3.05) is 7.11 Å². The predicted molar refractivity (Wildman–Crippen MR) is 88.2 cm³/mol. The fraction of sp³-hybridized carbons (Fsp3) is 0.615. The van der Waals surface area contributed by atoms with Crippen molar-refractivity contribution in [2.24, 2.45) is 5.73 Å². The number of nitrogens with two attached hydrogens (primary N) is 1. The average molecular weight is 369 g/mol. The molecule has 0 radical (unpaired) electrons. The van der Waals surface area contributed by atoms with Gasteiger partial charge in [0.15, 0.2) is 0 Å². The van der Waals surface area contributed by atoms with Crippen LogP contribution >= 0.6 is 23.7 Å². The number of thiophene rings is 1. The number of methoxy groups -OCH3 is 1. The Morgan fingerprint density at radius 2 is 1.95 bits per heavy atom. The van der Waals surface area contributed by atoms with Crippen LogP contribution in [0.3, 0.4) is 0 Å². The zero-order valence-corrected chi connectivity index (χ0v) is 14.9. The van der Waals surface area contributed by atoms with Crippen molar-refractivity contribution in [3.63, 3.8) is 0 Å². The number of sulfonamides is 1. The lowest BCUT2D eigenvalue weighted by atomic mass is 9.93. The molecule has 0 bridgehead atoms. The Morgan fingerprint density at radius 1 is 1.36 bits per heavy atom. The third kappa shape index (κ3) is 4.20. The van der Waals surface area contributed by atoms with Gasteiger partial charge in [-0.3, -0.25) is 0 Å². The summed E-state index contributed by atoms with van der Waals surface area (Å²) >= 11 is 1.08. The highest BCUT2D eigenvalue weighted by Crippen LogP contribution is 2.28. The predicted octanol–water partition coefficient (Wildman–Crippen LogP) is 1.81. The molecule has 0 amide bonds. The van der Waals surface area contributed by atoms with Crippen LogP contribution in [0.25, 0.3) is 0 Å². The number of nitrogens with one attached hydrogen (secondary N) is 1. The number of rotatable bonds is 4. The Hall–Kier alpha value is -0.670. The quantitative estimate of drug-likeness (QED) is 0.790. The van der Waals surface area contributed by atoms with Gasteiger partial charge in [-0.15, -0.1) is 23.7 Å². The van der Waals surface area contributed by atoms with E-state index in [1.807, 2.05) is 0 Å². The molecule has 1 heterocycles. The van der Waals surface area contributed by atoms with Gasteiger partial charge in [-0.2, -0.15) is 0 Å². The van der Waals surface area contributed by atoms with Gasteiger partial charge in [0.05, 0.1) is 7.11 Å². The smallest absolute Gasteiger partial charge is 0.349 e. The van der Waals surface area contributed by atoms with E-state index in [2.05, 4.69) is 9.46 Å². The van der Waals surface area contributed by atoms with Crippen molar-refractivity contribution in [3.8, 4) is 0 Å². The van der Waals surface area contributed by atoms with Crippen LogP contribution in [0.1, 0.15) is 40.9 Å². The minimum atomic E-state index is -3.73. The van der Waals surface area contributed by atoms with Crippen LogP contribution in [0.5, 0.6) is 0 Å². The van der Waals surface area contributed by atoms with E-state index in [0.29, 0.717) is 5.56 Å². The highest BCUT2D eigenvalue weighted by atomic mass is 35.5. The maximum Gasteiger partial charge on any atom is 0.349 e. The van der Waals surface area contributed by atoms with Gasteiger partial charge in [-0.1, -0.05) is 0 Å². The topological polar surface area (TPSA) is 98.5 Å². The van der Waals surface area contributed by atoms with E-state index >= 15 is 0 Å². The number of esters is 1. The molecule has 1 aromatic rings. The minimum Gasteiger partial charge on any atom is -0.465 e. The summed E-state index contributed by atoms with van der Waals surface area (Å²) in [6.07, 6.45) is 3.05. The third-order valence-electron chi connectivity index (χ3n) is 3.65. The highest BCUT2D eigenvalue weighted by Gasteiger charge is 2.30. The Balaban J connectivity index is 0.00000242. The molecule has 0 saturated heterocycles. The van der Waals surface area contributed by atoms with Gasteiger partial charge < -0.3 is 10.5 Å². The molecule has 1 aliphatic rings. The molecule has 6 nitrogen and oxygen atoms in total. The lowest BCUT2D eigenvalue weighted by molar-refractivity contribution is 0.0602. The average Bonchev–Trinajstić information content (AvgIpc) is 2.83. The molecular formula is C13H21ClN2O4S2. The standard InChI is InChI=1S/C13H20N2O4S2.ClH/c1-8-7-20-11(13(16)19-2)12(8)21(17,18)15-10-5-3-9(14)4-6-10;/h7,9-10,15H,3-6,14H2,1-2H3;1H. The summed E-state index contributed by atoms with van der Waals surface area (Å²) in [5, 5.41) is 1.65. The fourth-order valence-corrected chi connectivity index (χ4v) is 5.53. The van der Waals surface area contributed by atoms with Crippen molar-refractivity contribution in [1.82, 2.24) is 4.72 Å². The molecule has 0 spiro atoms. The number of hydrogen-bond acceptors (Lipinski definition) is 6. The minimum absolute atomic E-state index is 0. The van der Waals surface area contributed by atoms with Gasteiger partial charge in [0, 0.05) is 12.1 Å². The maximum absolute atomic E-state index is 12.6. The molecule has 1 saturated carbocycles. The van der Waals surface area contributed by atoms with Crippen molar-refractivity contribution < 1.29 is 17.9 Å². The van der Waals surface area contributed by atoms with E-state index in [-0.39, 0.29) is 34.3 Å². The molecule has 3 N–H and O–H groups in total. The molecular weight excluding hydrogens is 348 g/mol. The molecule has 9 heteroatoms. The first-order valence-electron chi connectivity index (χ1n) is 6.79. The first-order valence-corrected chi connectivity index (χ1v) is 9.15. The van der Waals surface area contributed by atoms with E-state index in [1.54, 1.807) is 12.3 Å². The van der Waals surface area contributed by atoms with Crippen LogP contribution in [-0.2, 0) is 14.8 Å². The second-order valence-electron chi connectivity index (χ2n) is 5.30. The van der Waals surface area contributed by atoms with Crippen molar-refractivity contribution >= 4 is 39.7 Å². The van der Waals surface area contributed by atoms with E-state index in [1.165, 1.54) is 7.11 Å². The van der Waals surface area contributed by atoms with Crippen molar-refractivity contribution in [3.05, 3.63) is 15.8 Å². The van der Waals surface area contributed by atoms with Gasteiger partial charge in [-0.25, -0.2) is 17.9 Å². The first kappa shape index (κ1) is 19.4. The largest absolute Gasteiger partial charge is 0.465 e. The Kier molecular flexibility index (Phi) is 6.82. The van der Waals surface area contributed by atoms with Crippen LogP contribution in [0.2, 0.25) is 0 Å². The zero-order valence-electron chi connectivity index (χ0n) is 12.5. The van der Waals surface area contributed by atoms with Crippen molar-refractivity contribution in [2.45, 2.75) is 49.6 Å². The van der Waals surface area contributed by atoms with Gasteiger partial charge in [0.1, 0.15) is 9.77 Å². The number of carbonyl (C=O) groups excluding carboxylic acids is 1. The van der Waals surface area contributed by atoms with E-state index in [0.717, 1.165) is 37.0 Å². The summed E-state index contributed by atoms with van der Waals surface area (Å²) < 4.78 is 32.5. The number of hydrogen-bond donors (Lipinski definition) is 2. The molecule has 1 aliphatic carbocycles. The van der Waals surface area contributed by atoms with E-state index in [4.69, 9.17) is 5.73 Å². The first-order chi connectivity index (χ1) is 9.85. The molecule has 0 atom stereocenters. The van der Waals surface area contributed by atoms with Crippen LogP contribution in [0, 0.1) is 6.92 Å². The van der Waals surface area contributed by atoms with Gasteiger partial charge in [0.25, 0.3) is 0 Å². The lowest BCUT2D eigenvalue weighted by Gasteiger charge is -2.26. The molecule has 0 aromatic carbocycles. The van der Waals surface area contributed by atoms with E-state index < -0.39 is 16.0 Å². The molecule has 126 valence electrons. The SMILES string of the molecule is COC(=O)c1scc(C)c1S(=O)(=O)NC1CCC(N)CC1.Cl. The molecule has 2 rings (SSSR count). The summed E-state index contributed by atoms with van der Waals surface area (Å²) in [5.74, 6) is -0.626. The zero-order chi connectivity index (χ0) is 15.6. The Bertz CT molecular complexity index is 622. The van der Waals surface area contributed by atoms with Crippen LogP contribution in [0.4, 0.5) is 0 Å². The van der Waals surface area contributed by atoms with Gasteiger partial charge >= 0.3 is 5.97 Å². The highest BCUT2D eigenvalue weighted by molar-refractivity contribution is 7.89. The fourth-order valence-electron chi connectivity index (χ4n) is 2.52. The molecule has 0 unspecified atom stereocenters. The third-order valence-corrected chi connectivity index (χ3v) is 6.57. The molecule has 22 heavy (non-hydrogen) atoms. The normalized spacial score (nSPS) is 22.0. The molecule has 1 fully saturated rings. The summed E-state index contributed by atoms with van der Waals surface area (Å²) in [4.78, 5) is 11.9. The van der Waals surface area contributed by atoms with Crippen molar-refractivity contribution in [1.29, 1.82) is 0 Å². The summed E-state index contributed by atoms with van der Waals surface area (Å²) in [5.41, 5.74) is 6.38. The number of carbonyl (C=O) groups is 1. The second kappa shape index (κ2) is 7.74. The van der Waals surface area contributed by atoms with Crippen LogP contribution in [-0.4, -0.2) is 33.6 Å². The Morgan fingerprint density at radius 3 is 2.50 bits per heavy atom. The molecule has 1 aromatic heterocycles. The van der Waals surface area contributed by atoms with Crippen LogP contribution < -0.4 is 10.5 Å². The molecule has 0 aliphatic heterocycles. The number of halogens is 1. The number of ether oxygens (including phenoxy) is 1. The summed E-state index contributed by atoms with van der Waals surface area (Å²) in [6.45, 7) is 1.67. The monoisotopic (exact) mass is 368 g/mol. The van der Waals surface area contributed by atoms with Gasteiger partial charge in [0.2, 0.25) is 10.0 Å².